The van der Waals surface area contributed by atoms with Crippen LogP contribution in [0.2, 0.25) is 0 Å². The van der Waals surface area contributed by atoms with Crippen molar-refractivity contribution in [1.29, 1.82) is 0 Å². The summed E-state index contributed by atoms with van der Waals surface area (Å²) in [6, 6.07) is 15.1. The van der Waals surface area contributed by atoms with Crippen LogP contribution in [-0.2, 0) is 19.2 Å². The Morgan fingerprint density at radius 2 is 1.82 bits per heavy atom. The average molecular weight is 578 g/mol. The predicted octanol–water partition coefficient (Wildman–Crippen LogP) is 5.63. The number of carbonyl (C=O) groups is 3. The minimum absolute atomic E-state index is 0.0460. The van der Waals surface area contributed by atoms with Gasteiger partial charge in [-0.15, -0.1) is 0 Å². The van der Waals surface area contributed by atoms with E-state index in [0.717, 1.165) is 5.56 Å². The molecule has 0 spiro atoms. The molecule has 174 valence electrons. The second-order valence-electron chi connectivity index (χ2n) is 9.71. The van der Waals surface area contributed by atoms with Gasteiger partial charge in [0.1, 0.15) is 5.60 Å². The highest BCUT2D eigenvalue weighted by molar-refractivity contribution is 9.25. The van der Waals surface area contributed by atoms with E-state index < -0.39 is 20.3 Å². The maximum absolute atomic E-state index is 14.0. The van der Waals surface area contributed by atoms with Crippen LogP contribution >= 0.6 is 31.9 Å². The van der Waals surface area contributed by atoms with Gasteiger partial charge in [0.05, 0.1) is 5.41 Å². The monoisotopic (exact) mass is 576 g/mol. The van der Waals surface area contributed by atoms with E-state index in [1.807, 2.05) is 51.1 Å². The molecule has 4 rings (SSSR count). The molecule has 0 saturated carbocycles. The van der Waals surface area contributed by atoms with Crippen molar-refractivity contribution in [3.05, 3.63) is 65.2 Å². The van der Waals surface area contributed by atoms with Crippen molar-refractivity contribution in [2.24, 2.45) is 5.41 Å². The molecule has 2 aliphatic heterocycles. The topological polar surface area (TPSA) is 75.7 Å². The molecule has 0 aromatic heterocycles. The molecule has 1 unspecified atom stereocenters. The molecule has 1 fully saturated rings. The number of hydrogen-bond donors (Lipinski definition) is 1. The van der Waals surface area contributed by atoms with Gasteiger partial charge in [-0.25, -0.2) is 4.79 Å². The summed E-state index contributed by atoms with van der Waals surface area (Å²) in [6.45, 7) is 6.21. The van der Waals surface area contributed by atoms with Gasteiger partial charge in [0, 0.05) is 29.9 Å². The van der Waals surface area contributed by atoms with E-state index in [1.54, 1.807) is 23.1 Å². The fraction of sp³-hybridized carbons (Fsp3) is 0.400. The normalized spacial score (nSPS) is 21.5. The summed E-state index contributed by atoms with van der Waals surface area (Å²) >= 11 is 6.84. The van der Waals surface area contributed by atoms with E-state index in [2.05, 4.69) is 37.2 Å². The number of Topliss-reactive ketones (excluding diaryl/α,β-unsaturated/α-hetero) is 1. The molecule has 2 amide bonds. The lowest BCUT2D eigenvalue weighted by molar-refractivity contribution is -0.115. The lowest BCUT2D eigenvalue weighted by Crippen LogP contribution is -2.40. The van der Waals surface area contributed by atoms with Crippen molar-refractivity contribution in [1.82, 2.24) is 4.90 Å². The predicted molar refractivity (Wildman–Crippen MR) is 134 cm³/mol. The average Bonchev–Trinajstić information content (AvgIpc) is 3.27. The van der Waals surface area contributed by atoms with E-state index in [4.69, 9.17) is 4.74 Å². The Balaban J connectivity index is 1.68. The number of carbonyl (C=O) groups excluding carboxylic acids is 3. The number of ketones is 1. The number of hydrogen-bond acceptors (Lipinski definition) is 4. The first-order valence-corrected chi connectivity index (χ1v) is 12.4. The van der Waals surface area contributed by atoms with Crippen molar-refractivity contribution < 1.29 is 19.1 Å². The zero-order valence-electron chi connectivity index (χ0n) is 18.8. The third kappa shape index (κ3) is 4.73. The molecular weight excluding hydrogens is 552 g/mol. The second kappa shape index (κ2) is 8.55. The summed E-state index contributed by atoms with van der Waals surface area (Å²) in [7, 11) is 0. The van der Waals surface area contributed by atoms with Crippen molar-refractivity contribution in [3.8, 4) is 0 Å². The van der Waals surface area contributed by atoms with Crippen LogP contribution in [0.3, 0.4) is 0 Å². The molecule has 2 aromatic carbocycles. The third-order valence-corrected chi connectivity index (χ3v) is 7.60. The van der Waals surface area contributed by atoms with E-state index in [9.17, 15) is 14.4 Å². The molecule has 2 heterocycles. The summed E-state index contributed by atoms with van der Waals surface area (Å²) in [5.74, 6) is -0.284. The van der Waals surface area contributed by atoms with Crippen LogP contribution in [0.5, 0.6) is 0 Å². The lowest BCUT2D eigenvalue weighted by atomic mass is 9.74. The fourth-order valence-electron chi connectivity index (χ4n) is 4.43. The van der Waals surface area contributed by atoms with Gasteiger partial charge in [0.2, 0.25) is 0 Å². The van der Waals surface area contributed by atoms with Gasteiger partial charge < -0.3 is 15.0 Å². The van der Waals surface area contributed by atoms with Crippen molar-refractivity contribution in [2.45, 2.75) is 42.4 Å². The zero-order valence-corrected chi connectivity index (χ0v) is 22.0. The molecule has 0 bridgehead atoms. The van der Waals surface area contributed by atoms with Crippen LogP contribution in [0.4, 0.5) is 10.5 Å². The minimum atomic E-state index is -1.07. The fourth-order valence-corrected chi connectivity index (χ4v) is 5.29. The molecule has 0 radical (unpaired) electrons. The summed E-state index contributed by atoms with van der Waals surface area (Å²) in [4.78, 5) is 40.7. The highest BCUT2D eigenvalue weighted by Gasteiger charge is 2.48. The Morgan fingerprint density at radius 1 is 1.12 bits per heavy atom. The maximum Gasteiger partial charge on any atom is 0.410 e. The van der Waals surface area contributed by atoms with Gasteiger partial charge in [-0.1, -0.05) is 62.2 Å². The summed E-state index contributed by atoms with van der Waals surface area (Å²) in [6.07, 6.45) is 0.629. The number of halogens is 2. The Kier molecular flexibility index (Phi) is 6.20. The molecule has 6 nitrogen and oxygen atoms in total. The molecule has 8 heteroatoms. The van der Waals surface area contributed by atoms with Gasteiger partial charge in [-0.3, -0.25) is 9.59 Å². The Bertz CT molecular complexity index is 1110. The first-order chi connectivity index (χ1) is 15.4. The number of alkyl halides is 2. The number of ether oxygens (including phenoxy) is 1. The van der Waals surface area contributed by atoms with Crippen LogP contribution in [0.25, 0.3) is 0 Å². The number of fused-ring (bicyclic) bond motifs is 1. The number of nitrogens with one attached hydrogen (secondary N) is 1. The lowest BCUT2D eigenvalue weighted by Gasteiger charge is -2.29. The molecule has 2 aliphatic rings. The number of benzene rings is 2. The van der Waals surface area contributed by atoms with E-state index >= 15 is 0 Å². The van der Waals surface area contributed by atoms with Crippen molar-refractivity contribution in [2.75, 3.05) is 18.4 Å². The van der Waals surface area contributed by atoms with Crippen molar-refractivity contribution >= 4 is 55.3 Å². The summed E-state index contributed by atoms with van der Waals surface area (Å²) in [5.41, 5.74) is 1.46. The molecule has 1 atom stereocenters. The summed E-state index contributed by atoms with van der Waals surface area (Å²) < 4.78 is 4.49. The number of amides is 2. The SMILES string of the molecule is CC(C)(C)OC(=O)N1CCC(Cc2ccccc2)(C(=O)c2ccc3c(c2)C(Br)(Br)C(=O)N3)C1. The van der Waals surface area contributed by atoms with Crippen LogP contribution in [-0.4, -0.2) is 41.4 Å². The first kappa shape index (κ1) is 24.0. The van der Waals surface area contributed by atoms with E-state index in [0.29, 0.717) is 36.2 Å². The van der Waals surface area contributed by atoms with Gasteiger partial charge in [0.15, 0.2) is 9.02 Å². The molecule has 0 aliphatic carbocycles. The minimum Gasteiger partial charge on any atom is -0.444 e. The Morgan fingerprint density at radius 3 is 2.48 bits per heavy atom. The van der Waals surface area contributed by atoms with Gasteiger partial charge >= 0.3 is 6.09 Å². The van der Waals surface area contributed by atoms with Gasteiger partial charge in [-0.05, 0) is 57.4 Å². The second-order valence-corrected chi connectivity index (χ2v) is 13.2. The zero-order chi connectivity index (χ0) is 24.0. The number of likely N-dealkylation sites (tertiary alicyclic amines) is 1. The van der Waals surface area contributed by atoms with Crippen LogP contribution in [0.1, 0.15) is 48.7 Å². The molecule has 2 aromatic rings. The molecule has 33 heavy (non-hydrogen) atoms. The Labute approximate surface area is 210 Å². The smallest absolute Gasteiger partial charge is 0.410 e. The quantitative estimate of drug-likeness (QED) is 0.377. The van der Waals surface area contributed by atoms with Crippen LogP contribution in [0.15, 0.2) is 48.5 Å². The van der Waals surface area contributed by atoms with Gasteiger partial charge in [-0.2, -0.15) is 0 Å². The van der Waals surface area contributed by atoms with E-state index in [-0.39, 0.29) is 18.2 Å². The number of anilines is 1. The number of rotatable bonds is 4. The standard InChI is InChI=1S/C25H26Br2N2O4/c1-23(2,3)33-22(32)29-12-11-24(15-29,14-16-7-5-4-6-8-16)20(30)17-9-10-19-18(13-17)25(26,27)21(31)28-19/h4-10,13H,11-12,14-15H2,1-3H3,(H,28,31). The summed E-state index contributed by atoms with van der Waals surface area (Å²) in [5, 5.41) is 2.80. The highest BCUT2D eigenvalue weighted by atomic mass is 79.9. The largest absolute Gasteiger partial charge is 0.444 e. The highest BCUT2D eigenvalue weighted by Crippen LogP contribution is 2.48. The molecular formula is C25H26Br2N2O4. The Hall–Kier alpha value is -2.19. The number of nitrogens with zero attached hydrogens (tertiary/aromatic N) is 1. The van der Waals surface area contributed by atoms with Crippen molar-refractivity contribution in [3.63, 3.8) is 0 Å². The third-order valence-electron chi connectivity index (χ3n) is 6.03. The van der Waals surface area contributed by atoms with Crippen LogP contribution < -0.4 is 5.32 Å². The van der Waals surface area contributed by atoms with E-state index in [1.165, 1.54) is 0 Å². The van der Waals surface area contributed by atoms with Crippen LogP contribution in [0, 0.1) is 5.41 Å². The molecule has 1 N–H and O–H groups in total. The van der Waals surface area contributed by atoms with Gasteiger partial charge in [0.25, 0.3) is 5.91 Å². The molecule has 1 saturated heterocycles. The first-order valence-electron chi connectivity index (χ1n) is 10.8. The maximum atomic E-state index is 14.0.